The summed E-state index contributed by atoms with van der Waals surface area (Å²) in [5.41, 5.74) is 2.45. The molecule has 0 radical (unpaired) electrons. The first kappa shape index (κ1) is 16.5. The molecule has 1 aromatic heterocycles. The molecule has 0 amide bonds. The van der Waals surface area contributed by atoms with Crippen LogP contribution in [0.4, 0.5) is 5.82 Å². The predicted molar refractivity (Wildman–Crippen MR) is 90.6 cm³/mol. The fourth-order valence-corrected chi connectivity index (χ4v) is 2.56. The molecule has 0 aliphatic rings. The van der Waals surface area contributed by atoms with Crippen molar-refractivity contribution in [3.8, 4) is 0 Å². The second kappa shape index (κ2) is 8.51. The normalized spacial score (nSPS) is 12.4. The molecule has 0 saturated carbocycles. The van der Waals surface area contributed by atoms with Crippen molar-refractivity contribution in [1.82, 2.24) is 9.88 Å². The van der Waals surface area contributed by atoms with Crippen LogP contribution >= 0.6 is 0 Å². The molecule has 2 rings (SSSR count). The number of anilines is 1. The van der Waals surface area contributed by atoms with Gasteiger partial charge in [-0.05, 0) is 17.5 Å². The van der Waals surface area contributed by atoms with Gasteiger partial charge in [0.2, 0.25) is 0 Å². The van der Waals surface area contributed by atoms with E-state index < -0.39 is 0 Å². The molecule has 0 fully saturated rings. The van der Waals surface area contributed by atoms with Gasteiger partial charge in [0.05, 0.1) is 0 Å². The highest BCUT2D eigenvalue weighted by Crippen LogP contribution is 2.17. The number of benzene rings is 1. The number of aliphatic hydroxyl groups is 1. The van der Waals surface area contributed by atoms with Gasteiger partial charge in [-0.2, -0.15) is 0 Å². The highest BCUT2D eigenvalue weighted by atomic mass is 16.3. The molecule has 0 aliphatic heterocycles. The van der Waals surface area contributed by atoms with E-state index in [-0.39, 0.29) is 12.5 Å². The minimum atomic E-state index is 0.206. The molecule has 0 bridgehead atoms. The standard InChI is InChI=1S/C18H25N3O/c1-15(14-22)11-21(12-16-7-4-3-5-8-16)13-17-9-6-10-20-18(17)19-2/h3-10,15,22H,11-14H2,1-2H3,(H,19,20)/t15-/m0/s1. The van der Waals surface area contributed by atoms with Gasteiger partial charge in [-0.1, -0.05) is 43.3 Å². The summed E-state index contributed by atoms with van der Waals surface area (Å²) in [7, 11) is 1.89. The average molecular weight is 299 g/mol. The third-order valence-electron chi connectivity index (χ3n) is 3.65. The maximum Gasteiger partial charge on any atom is 0.130 e. The molecule has 0 saturated heterocycles. The van der Waals surface area contributed by atoms with Crippen LogP contribution in [0, 0.1) is 5.92 Å². The van der Waals surface area contributed by atoms with Crippen LogP contribution in [0.15, 0.2) is 48.7 Å². The Morgan fingerprint density at radius 2 is 1.91 bits per heavy atom. The van der Waals surface area contributed by atoms with Gasteiger partial charge in [0.25, 0.3) is 0 Å². The highest BCUT2D eigenvalue weighted by Gasteiger charge is 2.13. The summed E-state index contributed by atoms with van der Waals surface area (Å²) in [6.45, 7) is 4.80. The smallest absolute Gasteiger partial charge is 0.130 e. The van der Waals surface area contributed by atoms with E-state index in [0.717, 1.165) is 25.5 Å². The molecular weight excluding hydrogens is 274 g/mol. The minimum absolute atomic E-state index is 0.206. The van der Waals surface area contributed by atoms with Crippen molar-refractivity contribution < 1.29 is 5.11 Å². The van der Waals surface area contributed by atoms with Gasteiger partial charge in [-0.3, -0.25) is 4.90 Å². The maximum absolute atomic E-state index is 9.37. The fraction of sp³-hybridized carbons (Fsp3) is 0.389. The molecule has 4 nitrogen and oxygen atoms in total. The Labute approximate surface area is 132 Å². The summed E-state index contributed by atoms with van der Waals surface area (Å²) in [5.74, 6) is 1.16. The largest absolute Gasteiger partial charge is 0.396 e. The van der Waals surface area contributed by atoms with Gasteiger partial charge in [0, 0.05) is 45.0 Å². The number of pyridine rings is 1. The topological polar surface area (TPSA) is 48.4 Å². The lowest BCUT2D eigenvalue weighted by Gasteiger charge is -2.26. The Hall–Kier alpha value is -1.91. The van der Waals surface area contributed by atoms with Crippen LogP contribution in [0.2, 0.25) is 0 Å². The number of hydrogen-bond donors (Lipinski definition) is 2. The summed E-state index contributed by atoms with van der Waals surface area (Å²) in [4.78, 5) is 6.72. The van der Waals surface area contributed by atoms with Gasteiger partial charge in [-0.15, -0.1) is 0 Å². The van der Waals surface area contributed by atoms with E-state index in [1.807, 2.05) is 19.2 Å². The lowest BCUT2D eigenvalue weighted by molar-refractivity contribution is 0.163. The molecule has 118 valence electrons. The van der Waals surface area contributed by atoms with Crippen molar-refractivity contribution >= 4 is 5.82 Å². The highest BCUT2D eigenvalue weighted by molar-refractivity contribution is 5.42. The number of hydrogen-bond acceptors (Lipinski definition) is 4. The summed E-state index contributed by atoms with van der Waals surface area (Å²) < 4.78 is 0. The number of nitrogens with one attached hydrogen (secondary N) is 1. The van der Waals surface area contributed by atoms with E-state index in [2.05, 4.69) is 52.5 Å². The van der Waals surface area contributed by atoms with Crippen LogP contribution in [-0.4, -0.2) is 35.2 Å². The first-order valence-electron chi connectivity index (χ1n) is 7.71. The minimum Gasteiger partial charge on any atom is -0.396 e. The number of aliphatic hydroxyl groups excluding tert-OH is 1. The quantitative estimate of drug-likeness (QED) is 0.787. The monoisotopic (exact) mass is 299 g/mol. The Morgan fingerprint density at radius 1 is 1.14 bits per heavy atom. The molecule has 2 aromatic rings. The summed E-state index contributed by atoms with van der Waals surface area (Å²) >= 11 is 0. The zero-order valence-corrected chi connectivity index (χ0v) is 13.4. The van der Waals surface area contributed by atoms with Crippen LogP contribution in [0.25, 0.3) is 0 Å². The zero-order chi connectivity index (χ0) is 15.8. The summed E-state index contributed by atoms with van der Waals surface area (Å²) in [5, 5.41) is 12.5. The van der Waals surface area contributed by atoms with Gasteiger partial charge < -0.3 is 10.4 Å². The molecule has 2 N–H and O–H groups in total. The third kappa shape index (κ3) is 4.83. The molecule has 4 heteroatoms. The van der Waals surface area contributed by atoms with Crippen molar-refractivity contribution in [1.29, 1.82) is 0 Å². The Bertz CT molecular complexity index is 559. The van der Waals surface area contributed by atoms with E-state index in [1.54, 1.807) is 6.20 Å². The fourth-order valence-electron chi connectivity index (χ4n) is 2.56. The maximum atomic E-state index is 9.37. The van der Waals surface area contributed by atoms with Crippen molar-refractivity contribution in [3.05, 3.63) is 59.8 Å². The molecule has 1 aromatic carbocycles. The van der Waals surface area contributed by atoms with Crippen LogP contribution < -0.4 is 5.32 Å². The van der Waals surface area contributed by atoms with Crippen molar-refractivity contribution in [2.45, 2.75) is 20.0 Å². The molecule has 0 unspecified atom stereocenters. The third-order valence-corrected chi connectivity index (χ3v) is 3.65. The summed E-state index contributed by atoms with van der Waals surface area (Å²) in [6, 6.07) is 14.5. The molecule has 22 heavy (non-hydrogen) atoms. The Morgan fingerprint density at radius 3 is 2.59 bits per heavy atom. The lowest BCUT2D eigenvalue weighted by Crippen LogP contribution is -2.29. The molecule has 0 spiro atoms. The van der Waals surface area contributed by atoms with Crippen LogP contribution in [-0.2, 0) is 13.1 Å². The first-order chi connectivity index (χ1) is 10.7. The summed E-state index contributed by atoms with van der Waals surface area (Å²) in [6.07, 6.45) is 1.80. The van der Waals surface area contributed by atoms with E-state index in [1.165, 1.54) is 11.1 Å². The number of rotatable bonds is 8. The van der Waals surface area contributed by atoms with Crippen molar-refractivity contribution in [3.63, 3.8) is 0 Å². The van der Waals surface area contributed by atoms with E-state index >= 15 is 0 Å². The zero-order valence-electron chi connectivity index (χ0n) is 13.4. The lowest BCUT2D eigenvalue weighted by atomic mass is 10.1. The molecule has 1 heterocycles. The van der Waals surface area contributed by atoms with Gasteiger partial charge >= 0.3 is 0 Å². The Balaban J connectivity index is 2.13. The SMILES string of the molecule is CNc1ncccc1CN(Cc1ccccc1)C[C@H](C)CO. The second-order valence-electron chi connectivity index (χ2n) is 5.70. The molecular formula is C18H25N3O. The van der Waals surface area contributed by atoms with Crippen molar-refractivity contribution in [2.75, 3.05) is 25.5 Å². The number of aromatic nitrogens is 1. The van der Waals surface area contributed by atoms with E-state index in [0.29, 0.717) is 0 Å². The molecule has 0 aliphatic carbocycles. The van der Waals surface area contributed by atoms with Gasteiger partial charge in [-0.25, -0.2) is 4.98 Å². The first-order valence-corrected chi connectivity index (χ1v) is 7.71. The van der Waals surface area contributed by atoms with Crippen LogP contribution in [0.3, 0.4) is 0 Å². The number of nitrogens with zero attached hydrogens (tertiary/aromatic N) is 2. The van der Waals surface area contributed by atoms with Gasteiger partial charge in [0.1, 0.15) is 5.82 Å². The van der Waals surface area contributed by atoms with Crippen molar-refractivity contribution in [2.24, 2.45) is 5.92 Å². The Kier molecular flexibility index (Phi) is 6.37. The van der Waals surface area contributed by atoms with Crippen LogP contribution in [0.1, 0.15) is 18.1 Å². The predicted octanol–water partition coefficient (Wildman–Crippen LogP) is 2.75. The van der Waals surface area contributed by atoms with E-state index in [9.17, 15) is 5.11 Å². The van der Waals surface area contributed by atoms with Crippen LogP contribution in [0.5, 0.6) is 0 Å². The average Bonchev–Trinajstić information content (AvgIpc) is 2.56. The van der Waals surface area contributed by atoms with Gasteiger partial charge in [0.15, 0.2) is 0 Å². The second-order valence-corrected chi connectivity index (χ2v) is 5.70. The van der Waals surface area contributed by atoms with E-state index in [4.69, 9.17) is 0 Å². The molecule has 1 atom stereocenters.